The van der Waals surface area contributed by atoms with Crippen LogP contribution in [-0.2, 0) is 9.53 Å². The highest BCUT2D eigenvalue weighted by atomic mass is 19.1. The van der Waals surface area contributed by atoms with Gasteiger partial charge in [0, 0.05) is 5.56 Å². The number of hydrogen-bond acceptors (Lipinski definition) is 6. The van der Waals surface area contributed by atoms with E-state index in [1.54, 1.807) is 30.3 Å². The summed E-state index contributed by atoms with van der Waals surface area (Å²) < 4.78 is 24.0. The van der Waals surface area contributed by atoms with Gasteiger partial charge in [-0.2, -0.15) is 0 Å². The standard InChI is InChI=1S/C19H16FN3O4/c1-11-7-9-12(10-8-11)16(24)21-15(19(25)26-2)18-23-22-17(27-18)13-5-3-4-6-14(13)20/h3-10,15H,1-2H3,(H,21,24). The molecule has 0 saturated heterocycles. The molecule has 0 aliphatic rings. The molecular formula is C19H16FN3O4. The Morgan fingerprint density at radius 3 is 2.48 bits per heavy atom. The zero-order valence-electron chi connectivity index (χ0n) is 14.6. The summed E-state index contributed by atoms with van der Waals surface area (Å²) in [5.74, 6) is -2.18. The highest BCUT2D eigenvalue weighted by Crippen LogP contribution is 2.24. The maximum absolute atomic E-state index is 13.9. The number of hydrogen-bond donors (Lipinski definition) is 1. The number of nitrogens with one attached hydrogen (secondary N) is 1. The van der Waals surface area contributed by atoms with Crippen molar-refractivity contribution in [3.63, 3.8) is 0 Å². The predicted octanol–water partition coefficient (Wildman–Crippen LogP) is 2.83. The molecule has 0 spiro atoms. The van der Waals surface area contributed by atoms with Gasteiger partial charge in [-0.15, -0.1) is 10.2 Å². The second-order valence-corrected chi connectivity index (χ2v) is 5.72. The van der Waals surface area contributed by atoms with E-state index in [1.165, 1.54) is 25.3 Å². The average molecular weight is 369 g/mol. The van der Waals surface area contributed by atoms with Crippen molar-refractivity contribution < 1.29 is 23.1 Å². The van der Waals surface area contributed by atoms with Crippen molar-refractivity contribution in [3.8, 4) is 11.5 Å². The molecule has 8 heteroatoms. The smallest absolute Gasteiger partial charge is 0.338 e. The lowest BCUT2D eigenvalue weighted by Crippen LogP contribution is -2.34. The second kappa shape index (κ2) is 7.77. The van der Waals surface area contributed by atoms with Crippen LogP contribution >= 0.6 is 0 Å². The van der Waals surface area contributed by atoms with Crippen molar-refractivity contribution in [2.45, 2.75) is 13.0 Å². The van der Waals surface area contributed by atoms with Gasteiger partial charge in [-0.05, 0) is 31.2 Å². The van der Waals surface area contributed by atoms with Gasteiger partial charge < -0.3 is 14.5 Å². The number of benzene rings is 2. The molecule has 0 saturated carbocycles. The highest BCUT2D eigenvalue weighted by Gasteiger charge is 2.30. The molecule has 1 N–H and O–H groups in total. The number of amides is 1. The first kappa shape index (κ1) is 18.2. The molecule has 0 radical (unpaired) electrons. The molecule has 1 amide bonds. The first-order chi connectivity index (χ1) is 13.0. The van der Waals surface area contributed by atoms with E-state index < -0.39 is 23.7 Å². The van der Waals surface area contributed by atoms with Crippen molar-refractivity contribution >= 4 is 11.9 Å². The molecule has 3 rings (SSSR count). The van der Waals surface area contributed by atoms with E-state index >= 15 is 0 Å². The fourth-order valence-corrected chi connectivity index (χ4v) is 2.35. The molecule has 0 aliphatic carbocycles. The summed E-state index contributed by atoms with van der Waals surface area (Å²) in [4.78, 5) is 24.5. The van der Waals surface area contributed by atoms with Crippen LogP contribution in [0.15, 0.2) is 52.9 Å². The number of halogens is 1. The quantitative estimate of drug-likeness (QED) is 0.695. The minimum absolute atomic E-state index is 0.0877. The van der Waals surface area contributed by atoms with Crippen LogP contribution in [0.3, 0.4) is 0 Å². The van der Waals surface area contributed by atoms with Gasteiger partial charge in [-0.1, -0.05) is 29.8 Å². The number of aryl methyl sites for hydroxylation is 1. The molecular weight excluding hydrogens is 353 g/mol. The van der Waals surface area contributed by atoms with Crippen molar-refractivity contribution in [2.75, 3.05) is 7.11 Å². The summed E-state index contributed by atoms with van der Waals surface area (Å²) in [7, 11) is 1.17. The maximum Gasteiger partial charge on any atom is 0.338 e. The summed E-state index contributed by atoms with van der Waals surface area (Å²) in [6.45, 7) is 1.89. The molecule has 3 aromatic rings. The SMILES string of the molecule is COC(=O)C(NC(=O)c1ccc(C)cc1)c1nnc(-c2ccccc2F)o1. The van der Waals surface area contributed by atoms with Crippen LogP contribution in [0, 0.1) is 12.7 Å². The lowest BCUT2D eigenvalue weighted by Gasteiger charge is -2.13. The summed E-state index contributed by atoms with van der Waals surface area (Å²) in [5, 5.41) is 10.0. The van der Waals surface area contributed by atoms with E-state index in [0.717, 1.165) is 5.56 Å². The Morgan fingerprint density at radius 1 is 1.11 bits per heavy atom. The van der Waals surface area contributed by atoms with Crippen LogP contribution in [0.25, 0.3) is 11.5 Å². The molecule has 0 bridgehead atoms. The van der Waals surface area contributed by atoms with Crippen LogP contribution in [0.2, 0.25) is 0 Å². The zero-order valence-corrected chi connectivity index (χ0v) is 14.6. The topological polar surface area (TPSA) is 94.3 Å². The molecule has 1 aromatic heterocycles. The van der Waals surface area contributed by atoms with Crippen LogP contribution in [-0.4, -0.2) is 29.2 Å². The van der Waals surface area contributed by atoms with Crippen molar-refractivity contribution in [1.82, 2.24) is 15.5 Å². The molecule has 0 fully saturated rings. The van der Waals surface area contributed by atoms with Crippen LogP contribution in [0.1, 0.15) is 27.9 Å². The Bertz CT molecular complexity index is 969. The molecule has 1 unspecified atom stereocenters. The van der Waals surface area contributed by atoms with E-state index in [4.69, 9.17) is 9.15 Å². The molecule has 0 aliphatic heterocycles. The average Bonchev–Trinajstić information content (AvgIpc) is 3.15. The van der Waals surface area contributed by atoms with Gasteiger partial charge in [0.2, 0.25) is 6.04 Å². The lowest BCUT2D eigenvalue weighted by atomic mass is 10.1. The van der Waals surface area contributed by atoms with Crippen molar-refractivity contribution in [3.05, 3.63) is 71.4 Å². The number of aromatic nitrogens is 2. The second-order valence-electron chi connectivity index (χ2n) is 5.72. The van der Waals surface area contributed by atoms with E-state index in [0.29, 0.717) is 5.56 Å². The monoisotopic (exact) mass is 369 g/mol. The lowest BCUT2D eigenvalue weighted by molar-refractivity contribution is -0.143. The van der Waals surface area contributed by atoms with Gasteiger partial charge in [0.25, 0.3) is 17.7 Å². The number of nitrogens with zero attached hydrogens (tertiary/aromatic N) is 2. The minimum Gasteiger partial charge on any atom is -0.467 e. The first-order valence-electron chi connectivity index (χ1n) is 8.03. The molecule has 1 atom stereocenters. The maximum atomic E-state index is 13.9. The van der Waals surface area contributed by atoms with Crippen LogP contribution < -0.4 is 5.32 Å². The van der Waals surface area contributed by atoms with Crippen LogP contribution in [0.5, 0.6) is 0 Å². The van der Waals surface area contributed by atoms with Crippen molar-refractivity contribution in [1.29, 1.82) is 0 Å². The van der Waals surface area contributed by atoms with E-state index in [1.807, 2.05) is 6.92 Å². The van der Waals surface area contributed by atoms with Gasteiger partial charge in [-0.25, -0.2) is 9.18 Å². The summed E-state index contributed by atoms with van der Waals surface area (Å²) in [6.07, 6.45) is 0. The number of carbonyl (C=O) groups excluding carboxylic acids is 2. The van der Waals surface area contributed by atoms with E-state index in [2.05, 4.69) is 15.5 Å². The third kappa shape index (κ3) is 4.00. The number of rotatable bonds is 5. The van der Waals surface area contributed by atoms with Gasteiger partial charge >= 0.3 is 5.97 Å². The largest absolute Gasteiger partial charge is 0.467 e. The zero-order chi connectivity index (χ0) is 19.4. The normalized spacial score (nSPS) is 11.7. The fourth-order valence-electron chi connectivity index (χ4n) is 2.35. The highest BCUT2D eigenvalue weighted by molar-refractivity contribution is 5.96. The Hall–Kier alpha value is -3.55. The Balaban J connectivity index is 1.87. The van der Waals surface area contributed by atoms with E-state index in [-0.39, 0.29) is 17.3 Å². The summed E-state index contributed by atoms with van der Waals surface area (Å²) in [5.41, 5.74) is 1.43. The molecule has 138 valence electrons. The number of carbonyl (C=O) groups is 2. The first-order valence-corrected chi connectivity index (χ1v) is 8.03. The Morgan fingerprint density at radius 2 is 1.81 bits per heavy atom. The summed E-state index contributed by atoms with van der Waals surface area (Å²) >= 11 is 0. The fraction of sp³-hybridized carbons (Fsp3) is 0.158. The van der Waals surface area contributed by atoms with Gasteiger partial charge in [0.1, 0.15) is 5.82 Å². The van der Waals surface area contributed by atoms with Crippen LogP contribution in [0.4, 0.5) is 4.39 Å². The third-order valence-electron chi connectivity index (χ3n) is 3.82. The number of methoxy groups -OCH3 is 1. The van der Waals surface area contributed by atoms with Gasteiger partial charge in [0.15, 0.2) is 0 Å². The van der Waals surface area contributed by atoms with Crippen molar-refractivity contribution in [2.24, 2.45) is 0 Å². The number of esters is 1. The van der Waals surface area contributed by atoms with Gasteiger partial charge in [-0.3, -0.25) is 4.79 Å². The third-order valence-corrected chi connectivity index (χ3v) is 3.82. The molecule has 27 heavy (non-hydrogen) atoms. The predicted molar refractivity (Wildman–Crippen MR) is 93.1 cm³/mol. The molecule has 2 aromatic carbocycles. The van der Waals surface area contributed by atoms with Gasteiger partial charge in [0.05, 0.1) is 12.7 Å². The minimum atomic E-state index is -1.32. The Kier molecular flexibility index (Phi) is 5.25. The molecule has 7 nitrogen and oxygen atoms in total. The number of ether oxygens (including phenoxy) is 1. The van der Waals surface area contributed by atoms with E-state index in [9.17, 15) is 14.0 Å². The Labute approximate surface area is 154 Å². The molecule has 1 heterocycles. The summed E-state index contributed by atoms with van der Waals surface area (Å²) in [6, 6.07) is 11.3.